The van der Waals surface area contributed by atoms with Gasteiger partial charge >= 0.3 is 0 Å². The van der Waals surface area contributed by atoms with E-state index in [4.69, 9.17) is 4.74 Å². The number of rotatable bonds is 4. The van der Waals surface area contributed by atoms with Gasteiger partial charge in [0.25, 0.3) is 0 Å². The Morgan fingerprint density at radius 3 is 2.42 bits per heavy atom. The van der Waals surface area contributed by atoms with Crippen molar-refractivity contribution in [1.82, 2.24) is 9.78 Å². The van der Waals surface area contributed by atoms with Gasteiger partial charge in [0.1, 0.15) is 5.76 Å². The molecule has 0 spiro atoms. The molecule has 3 aromatic rings. The lowest BCUT2D eigenvalue weighted by atomic mass is 9.95. The number of ether oxygens (including phenoxy) is 1. The maximum absolute atomic E-state index is 11.2. The van der Waals surface area contributed by atoms with Gasteiger partial charge in [-0.1, -0.05) is 48.5 Å². The molecule has 0 fully saturated rings. The molecule has 0 amide bonds. The van der Waals surface area contributed by atoms with Gasteiger partial charge in [-0.2, -0.15) is 5.10 Å². The molecule has 130 valence electrons. The Hall–Kier alpha value is -3.41. The zero-order valence-electron chi connectivity index (χ0n) is 14.2. The summed E-state index contributed by atoms with van der Waals surface area (Å²) in [4.78, 5) is 10.9. The SMILES string of the molecule is Cc1nn(-c2ccccc2)c2c1C(C[N+](=O)[O-])C=C(c1ccccc1)O2. The molecule has 0 aliphatic carbocycles. The molecule has 1 aromatic heterocycles. The van der Waals surface area contributed by atoms with E-state index in [9.17, 15) is 10.1 Å². The molecule has 0 saturated heterocycles. The fourth-order valence-corrected chi connectivity index (χ4v) is 3.25. The monoisotopic (exact) mass is 347 g/mol. The van der Waals surface area contributed by atoms with Crippen LogP contribution in [0.25, 0.3) is 11.4 Å². The van der Waals surface area contributed by atoms with E-state index in [2.05, 4.69) is 5.10 Å². The summed E-state index contributed by atoms with van der Waals surface area (Å²) in [5.74, 6) is 0.769. The second-order valence-electron chi connectivity index (χ2n) is 6.17. The normalized spacial score (nSPS) is 15.7. The highest BCUT2D eigenvalue weighted by Crippen LogP contribution is 2.40. The van der Waals surface area contributed by atoms with Gasteiger partial charge in [0.05, 0.1) is 22.9 Å². The lowest BCUT2D eigenvalue weighted by Crippen LogP contribution is -2.17. The summed E-state index contributed by atoms with van der Waals surface area (Å²) in [7, 11) is 0. The standard InChI is InChI=1S/C20H17N3O3/c1-14-19-16(13-22(24)25)12-18(15-8-4-2-5-9-15)26-20(19)23(21-14)17-10-6-3-7-11-17/h2-12,16H,13H2,1H3. The number of nitro groups is 1. The van der Waals surface area contributed by atoms with Crippen molar-refractivity contribution in [2.24, 2.45) is 0 Å². The van der Waals surface area contributed by atoms with Crippen LogP contribution in [0.15, 0.2) is 66.7 Å². The van der Waals surface area contributed by atoms with Crippen LogP contribution >= 0.6 is 0 Å². The van der Waals surface area contributed by atoms with Crippen molar-refractivity contribution < 1.29 is 9.66 Å². The number of aromatic nitrogens is 2. The molecule has 0 saturated carbocycles. The molecule has 26 heavy (non-hydrogen) atoms. The molecule has 2 aromatic carbocycles. The Morgan fingerprint density at radius 1 is 1.12 bits per heavy atom. The van der Waals surface area contributed by atoms with Crippen molar-refractivity contribution in [2.45, 2.75) is 12.8 Å². The summed E-state index contributed by atoms with van der Waals surface area (Å²) in [5, 5.41) is 15.8. The summed E-state index contributed by atoms with van der Waals surface area (Å²) >= 11 is 0. The summed E-state index contributed by atoms with van der Waals surface area (Å²) in [6.45, 7) is 1.66. The van der Waals surface area contributed by atoms with E-state index in [0.29, 0.717) is 11.6 Å². The molecular weight excluding hydrogens is 330 g/mol. The first-order chi connectivity index (χ1) is 12.6. The highest BCUT2D eigenvalue weighted by Gasteiger charge is 2.32. The minimum absolute atomic E-state index is 0.200. The van der Waals surface area contributed by atoms with Crippen molar-refractivity contribution in [3.8, 4) is 11.6 Å². The third-order valence-corrected chi connectivity index (χ3v) is 4.40. The van der Waals surface area contributed by atoms with Gasteiger partial charge in [-0.25, -0.2) is 4.68 Å². The number of para-hydroxylation sites is 1. The van der Waals surface area contributed by atoms with E-state index in [-0.39, 0.29) is 17.4 Å². The first-order valence-electron chi connectivity index (χ1n) is 8.35. The fraction of sp³-hybridized carbons (Fsp3) is 0.150. The fourth-order valence-electron chi connectivity index (χ4n) is 3.25. The predicted octanol–water partition coefficient (Wildman–Crippen LogP) is 3.97. The highest BCUT2D eigenvalue weighted by atomic mass is 16.6. The Bertz CT molecular complexity index is 978. The maximum atomic E-state index is 11.2. The number of hydrogen-bond acceptors (Lipinski definition) is 4. The zero-order valence-corrected chi connectivity index (χ0v) is 14.2. The van der Waals surface area contributed by atoms with E-state index < -0.39 is 0 Å². The molecule has 2 heterocycles. The molecule has 0 N–H and O–H groups in total. The van der Waals surface area contributed by atoms with Gasteiger partial charge in [0.2, 0.25) is 12.4 Å². The lowest BCUT2D eigenvalue weighted by molar-refractivity contribution is -0.481. The number of fused-ring (bicyclic) bond motifs is 1. The third-order valence-electron chi connectivity index (χ3n) is 4.40. The van der Waals surface area contributed by atoms with Crippen LogP contribution in [0.1, 0.15) is 22.7 Å². The van der Waals surface area contributed by atoms with Crippen molar-refractivity contribution in [1.29, 1.82) is 0 Å². The van der Waals surface area contributed by atoms with Crippen molar-refractivity contribution in [2.75, 3.05) is 6.54 Å². The van der Waals surface area contributed by atoms with E-state index in [0.717, 1.165) is 22.5 Å². The molecule has 1 atom stereocenters. The Morgan fingerprint density at radius 2 is 1.77 bits per heavy atom. The number of benzene rings is 2. The number of nitrogens with zero attached hydrogens (tertiary/aromatic N) is 3. The molecule has 1 aliphatic rings. The molecule has 1 aliphatic heterocycles. The Kier molecular flexibility index (Phi) is 4.01. The van der Waals surface area contributed by atoms with Crippen LogP contribution in [0.4, 0.5) is 0 Å². The molecular formula is C20H17N3O3. The summed E-state index contributed by atoms with van der Waals surface area (Å²) in [6.07, 6.45) is 1.82. The number of hydrogen-bond donors (Lipinski definition) is 0. The maximum Gasteiger partial charge on any atom is 0.226 e. The molecule has 4 rings (SSSR count). The van der Waals surface area contributed by atoms with E-state index in [1.54, 1.807) is 4.68 Å². The Labute approximate surface area is 150 Å². The predicted molar refractivity (Wildman–Crippen MR) is 98.0 cm³/mol. The first kappa shape index (κ1) is 16.1. The molecule has 0 bridgehead atoms. The average molecular weight is 347 g/mol. The van der Waals surface area contributed by atoms with Crippen LogP contribution in [0.5, 0.6) is 5.88 Å². The van der Waals surface area contributed by atoms with E-state index in [1.165, 1.54) is 0 Å². The van der Waals surface area contributed by atoms with Crippen LogP contribution in [0, 0.1) is 17.0 Å². The quantitative estimate of drug-likeness (QED) is 0.529. The van der Waals surface area contributed by atoms with Gasteiger partial charge < -0.3 is 4.74 Å². The minimum atomic E-state index is -0.388. The summed E-state index contributed by atoms with van der Waals surface area (Å²) < 4.78 is 7.89. The molecule has 1 unspecified atom stereocenters. The van der Waals surface area contributed by atoms with Crippen molar-refractivity contribution in [3.05, 3.63) is 93.7 Å². The van der Waals surface area contributed by atoms with Gasteiger partial charge in [-0.15, -0.1) is 0 Å². The third kappa shape index (κ3) is 2.86. The largest absolute Gasteiger partial charge is 0.438 e. The van der Waals surface area contributed by atoms with Gasteiger partial charge in [0, 0.05) is 10.5 Å². The van der Waals surface area contributed by atoms with E-state index >= 15 is 0 Å². The zero-order chi connectivity index (χ0) is 18.1. The first-order valence-corrected chi connectivity index (χ1v) is 8.35. The van der Waals surface area contributed by atoms with Gasteiger partial charge in [-0.3, -0.25) is 10.1 Å². The molecule has 6 heteroatoms. The second kappa shape index (κ2) is 6.48. The van der Waals surface area contributed by atoms with Gasteiger partial charge in [0.15, 0.2) is 0 Å². The lowest BCUT2D eigenvalue weighted by Gasteiger charge is -2.21. The van der Waals surface area contributed by atoms with E-state index in [1.807, 2.05) is 73.7 Å². The van der Waals surface area contributed by atoms with Crippen LogP contribution in [-0.2, 0) is 0 Å². The smallest absolute Gasteiger partial charge is 0.226 e. The minimum Gasteiger partial charge on any atom is -0.438 e. The van der Waals surface area contributed by atoms with Crippen LogP contribution in [-0.4, -0.2) is 21.2 Å². The molecule has 0 radical (unpaired) electrons. The topological polar surface area (TPSA) is 70.2 Å². The summed E-state index contributed by atoms with van der Waals surface area (Å²) in [6, 6.07) is 19.2. The highest BCUT2D eigenvalue weighted by molar-refractivity contribution is 5.67. The summed E-state index contributed by atoms with van der Waals surface area (Å²) in [5.41, 5.74) is 3.24. The second-order valence-corrected chi connectivity index (χ2v) is 6.17. The van der Waals surface area contributed by atoms with Crippen LogP contribution in [0.3, 0.4) is 0 Å². The average Bonchev–Trinajstić information content (AvgIpc) is 3.00. The van der Waals surface area contributed by atoms with Gasteiger partial charge in [-0.05, 0) is 25.1 Å². The van der Waals surface area contributed by atoms with Crippen LogP contribution in [0.2, 0.25) is 0 Å². The number of aryl methyl sites for hydroxylation is 1. The Balaban J connectivity index is 1.86. The van der Waals surface area contributed by atoms with Crippen molar-refractivity contribution >= 4 is 5.76 Å². The van der Waals surface area contributed by atoms with Crippen molar-refractivity contribution in [3.63, 3.8) is 0 Å². The molecule has 6 nitrogen and oxygen atoms in total. The van der Waals surface area contributed by atoms with Crippen LogP contribution < -0.4 is 4.74 Å².